The van der Waals surface area contributed by atoms with E-state index < -0.39 is 0 Å². The Labute approximate surface area is 191 Å². The molecule has 1 N–H and O–H groups in total. The molecule has 0 aliphatic carbocycles. The first-order valence-corrected chi connectivity index (χ1v) is 11.6. The first kappa shape index (κ1) is 21.9. The minimum Gasteiger partial charge on any atom is -0.352 e. The van der Waals surface area contributed by atoms with E-state index in [1.807, 2.05) is 50.4 Å². The molecular formula is C25H25N3O3S. The van der Waals surface area contributed by atoms with Gasteiger partial charge in [0, 0.05) is 29.1 Å². The van der Waals surface area contributed by atoms with E-state index in [1.54, 1.807) is 23.5 Å². The van der Waals surface area contributed by atoms with E-state index in [2.05, 4.69) is 10.3 Å². The fourth-order valence-corrected chi connectivity index (χ4v) is 4.37. The van der Waals surface area contributed by atoms with Crippen LogP contribution >= 0.6 is 11.3 Å². The molecule has 1 aliphatic heterocycles. The van der Waals surface area contributed by atoms with Gasteiger partial charge in [0.1, 0.15) is 0 Å². The Balaban J connectivity index is 1.37. The molecule has 7 heteroatoms. The van der Waals surface area contributed by atoms with Crippen molar-refractivity contribution in [2.75, 3.05) is 6.54 Å². The first-order valence-electron chi connectivity index (χ1n) is 10.7. The number of aryl methyl sites for hydroxylation is 1. The normalized spacial score (nSPS) is 13.9. The summed E-state index contributed by atoms with van der Waals surface area (Å²) in [5, 5.41) is 5.98. The highest BCUT2D eigenvalue weighted by atomic mass is 32.1. The van der Waals surface area contributed by atoms with Crippen LogP contribution in [0.15, 0.2) is 47.8 Å². The lowest BCUT2D eigenvalue weighted by molar-refractivity contribution is 0.0593. The molecule has 0 saturated heterocycles. The van der Waals surface area contributed by atoms with Gasteiger partial charge in [-0.1, -0.05) is 31.2 Å². The number of hydrogen-bond donors (Lipinski definition) is 1. The van der Waals surface area contributed by atoms with Crippen LogP contribution in [0.2, 0.25) is 0 Å². The van der Waals surface area contributed by atoms with E-state index in [4.69, 9.17) is 0 Å². The van der Waals surface area contributed by atoms with Gasteiger partial charge < -0.3 is 5.32 Å². The number of nitrogens with one attached hydrogen (secondary N) is 1. The number of aromatic nitrogens is 1. The van der Waals surface area contributed by atoms with E-state index in [-0.39, 0.29) is 23.8 Å². The molecule has 1 aromatic heterocycles. The molecule has 3 aromatic rings. The average Bonchev–Trinajstić information content (AvgIpc) is 3.34. The number of imide groups is 1. The molecule has 0 saturated carbocycles. The number of rotatable bonds is 7. The maximum Gasteiger partial charge on any atom is 0.261 e. The van der Waals surface area contributed by atoms with Crippen molar-refractivity contribution in [3.05, 3.63) is 75.1 Å². The predicted octanol–water partition coefficient (Wildman–Crippen LogP) is 4.49. The molecule has 3 amide bonds. The lowest BCUT2D eigenvalue weighted by Gasteiger charge is -2.20. The van der Waals surface area contributed by atoms with Crippen molar-refractivity contribution in [3.63, 3.8) is 0 Å². The third kappa shape index (κ3) is 4.21. The zero-order valence-corrected chi connectivity index (χ0v) is 19.2. The number of amides is 3. The fourth-order valence-electron chi connectivity index (χ4n) is 3.74. The summed E-state index contributed by atoms with van der Waals surface area (Å²) < 4.78 is 0. The number of thiazole rings is 1. The molecule has 164 valence electrons. The van der Waals surface area contributed by atoms with Crippen molar-refractivity contribution < 1.29 is 14.4 Å². The highest BCUT2D eigenvalue weighted by Gasteiger charge is 2.38. The quantitative estimate of drug-likeness (QED) is 0.542. The van der Waals surface area contributed by atoms with Crippen molar-refractivity contribution in [3.8, 4) is 11.3 Å². The molecule has 1 unspecified atom stereocenters. The van der Waals surface area contributed by atoms with Crippen LogP contribution < -0.4 is 5.32 Å². The largest absolute Gasteiger partial charge is 0.352 e. The summed E-state index contributed by atoms with van der Waals surface area (Å²) in [7, 11) is 0. The monoisotopic (exact) mass is 447 g/mol. The standard InChI is InChI=1S/C25H25N3O3S/c1-4-15(2)28-24(30)20-10-9-19(13-21(20)25(28)31)23(29)26-12-11-17-5-7-18(8-6-17)22-14-32-16(3)27-22/h5-10,13-15H,4,11-12H2,1-3H3,(H,26,29). The van der Waals surface area contributed by atoms with Gasteiger partial charge in [-0.25, -0.2) is 4.98 Å². The van der Waals surface area contributed by atoms with Gasteiger partial charge in [-0.05, 0) is 50.5 Å². The highest BCUT2D eigenvalue weighted by molar-refractivity contribution is 7.09. The van der Waals surface area contributed by atoms with E-state index in [9.17, 15) is 14.4 Å². The lowest BCUT2D eigenvalue weighted by Crippen LogP contribution is -2.37. The molecule has 2 aromatic carbocycles. The Bertz CT molecular complexity index is 1180. The zero-order chi connectivity index (χ0) is 22.8. The minimum atomic E-state index is -0.329. The Morgan fingerprint density at radius 3 is 2.47 bits per heavy atom. The van der Waals surface area contributed by atoms with E-state index in [0.29, 0.717) is 36.1 Å². The summed E-state index contributed by atoms with van der Waals surface area (Å²) in [5.41, 5.74) is 4.21. The van der Waals surface area contributed by atoms with Crippen LogP contribution in [0.1, 0.15) is 61.9 Å². The molecule has 0 spiro atoms. The van der Waals surface area contributed by atoms with Gasteiger partial charge in [0.15, 0.2) is 0 Å². The molecule has 1 atom stereocenters. The third-order valence-corrected chi connectivity index (χ3v) is 6.55. The van der Waals surface area contributed by atoms with Crippen LogP contribution in [0.3, 0.4) is 0 Å². The van der Waals surface area contributed by atoms with Gasteiger partial charge in [-0.15, -0.1) is 11.3 Å². The van der Waals surface area contributed by atoms with Crippen LogP contribution in [0.25, 0.3) is 11.3 Å². The van der Waals surface area contributed by atoms with Gasteiger partial charge in [0.25, 0.3) is 17.7 Å². The molecular weight excluding hydrogens is 422 g/mol. The SMILES string of the molecule is CCC(C)N1C(=O)c2ccc(C(=O)NCCc3ccc(-c4csc(C)n4)cc3)cc2C1=O. The van der Waals surface area contributed by atoms with Gasteiger partial charge in [-0.2, -0.15) is 0 Å². The number of carbonyl (C=O) groups excluding carboxylic acids is 3. The van der Waals surface area contributed by atoms with Crippen molar-refractivity contribution in [1.82, 2.24) is 15.2 Å². The average molecular weight is 448 g/mol. The third-order valence-electron chi connectivity index (χ3n) is 5.78. The molecule has 32 heavy (non-hydrogen) atoms. The summed E-state index contributed by atoms with van der Waals surface area (Å²) in [5.74, 6) is -0.878. The molecule has 1 aliphatic rings. The summed E-state index contributed by atoms with van der Waals surface area (Å²) in [6, 6.07) is 12.7. The number of hydrogen-bond acceptors (Lipinski definition) is 5. The molecule has 2 heterocycles. The van der Waals surface area contributed by atoms with Gasteiger partial charge >= 0.3 is 0 Å². The molecule has 0 radical (unpaired) electrons. The summed E-state index contributed by atoms with van der Waals surface area (Å²) in [6.07, 6.45) is 1.37. The number of fused-ring (bicyclic) bond motifs is 1. The maximum absolute atomic E-state index is 12.7. The Morgan fingerprint density at radius 1 is 1.09 bits per heavy atom. The minimum absolute atomic E-state index is 0.175. The highest BCUT2D eigenvalue weighted by Crippen LogP contribution is 2.27. The first-order chi connectivity index (χ1) is 15.4. The van der Waals surface area contributed by atoms with Crippen molar-refractivity contribution in [1.29, 1.82) is 0 Å². The van der Waals surface area contributed by atoms with Crippen molar-refractivity contribution >= 4 is 29.1 Å². The molecule has 6 nitrogen and oxygen atoms in total. The zero-order valence-electron chi connectivity index (χ0n) is 18.3. The predicted molar refractivity (Wildman–Crippen MR) is 125 cm³/mol. The van der Waals surface area contributed by atoms with Crippen LogP contribution in [-0.4, -0.2) is 40.2 Å². The second-order valence-electron chi connectivity index (χ2n) is 7.95. The lowest BCUT2D eigenvalue weighted by atomic mass is 10.0. The van der Waals surface area contributed by atoms with Crippen LogP contribution in [0.4, 0.5) is 0 Å². The van der Waals surface area contributed by atoms with E-state index in [1.165, 1.54) is 11.0 Å². The number of benzene rings is 2. The second-order valence-corrected chi connectivity index (χ2v) is 9.01. The smallest absolute Gasteiger partial charge is 0.261 e. The van der Waals surface area contributed by atoms with E-state index in [0.717, 1.165) is 21.8 Å². The van der Waals surface area contributed by atoms with Gasteiger partial charge in [0.2, 0.25) is 0 Å². The Hall–Kier alpha value is -3.32. The summed E-state index contributed by atoms with van der Waals surface area (Å²) in [4.78, 5) is 43.6. The number of carbonyl (C=O) groups is 3. The Morgan fingerprint density at radius 2 is 1.81 bits per heavy atom. The molecule has 0 bridgehead atoms. The topological polar surface area (TPSA) is 79.4 Å². The van der Waals surface area contributed by atoms with Crippen molar-refractivity contribution in [2.45, 2.75) is 39.7 Å². The molecule has 4 rings (SSSR count). The van der Waals surface area contributed by atoms with Gasteiger partial charge in [-0.3, -0.25) is 19.3 Å². The maximum atomic E-state index is 12.7. The van der Waals surface area contributed by atoms with Crippen LogP contribution in [-0.2, 0) is 6.42 Å². The van der Waals surface area contributed by atoms with Crippen LogP contribution in [0, 0.1) is 6.92 Å². The second kappa shape index (κ2) is 9.04. The van der Waals surface area contributed by atoms with Gasteiger partial charge in [0.05, 0.1) is 21.8 Å². The number of nitrogens with zero attached hydrogens (tertiary/aromatic N) is 2. The Kier molecular flexibility index (Phi) is 6.19. The van der Waals surface area contributed by atoms with E-state index >= 15 is 0 Å². The summed E-state index contributed by atoms with van der Waals surface area (Å²) in [6.45, 7) is 6.24. The molecule has 0 fully saturated rings. The van der Waals surface area contributed by atoms with Crippen molar-refractivity contribution in [2.24, 2.45) is 0 Å². The fraction of sp³-hybridized carbons (Fsp3) is 0.280. The summed E-state index contributed by atoms with van der Waals surface area (Å²) >= 11 is 1.63. The van der Waals surface area contributed by atoms with Crippen LogP contribution in [0.5, 0.6) is 0 Å².